The number of ether oxygens (including phenoxy) is 1. The second-order valence-corrected chi connectivity index (χ2v) is 7.28. The molecule has 2 rings (SSSR count). The summed E-state index contributed by atoms with van der Waals surface area (Å²) >= 11 is 0. The molecule has 3 N–H and O–H groups in total. The van der Waals surface area contributed by atoms with Gasteiger partial charge >= 0.3 is 6.03 Å². The van der Waals surface area contributed by atoms with Crippen LogP contribution in [0.3, 0.4) is 0 Å². The van der Waals surface area contributed by atoms with Gasteiger partial charge in [0, 0.05) is 11.6 Å². The molecule has 1 unspecified atom stereocenters. The van der Waals surface area contributed by atoms with E-state index in [9.17, 15) is 9.90 Å². The fraction of sp³-hybridized carbons (Fsp3) is 0.650. The van der Waals surface area contributed by atoms with E-state index in [4.69, 9.17) is 4.74 Å². The molecule has 0 aromatic heterocycles. The van der Waals surface area contributed by atoms with E-state index in [0.29, 0.717) is 12.5 Å². The fourth-order valence-electron chi connectivity index (χ4n) is 3.40. The number of aliphatic hydroxyl groups excluding tert-OH is 1. The Morgan fingerprint density at radius 2 is 1.92 bits per heavy atom. The van der Waals surface area contributed by atoms with Gasteiger partial charge in [-0.05, 0) is 51.0 Å². The molecule has 140 valence electrons. The predicted octanol–water partition coefficient (Wildman–Crippen LogP) is 3.78. The summed E-state index contributed by atoms with van der Waals surface area (Å²) in [4.78, 5) is 12.5. The molecule has 0 bridgehead atoms. The van der Waals surface area contributed by atoms with Crippen molar-refractivity contribution < 1.29 is 14.6 Å². The molecule has 5 nitrogen and oxygen atoms in total. The summed E-state index contributed by atoms with van der Waals surface area (Å²) in [7, 11) is 0. The Labute approximate surface area is 151 Å². The minimum atomic E-state index is -0.215. The third-order valence-electron chi connectivity index (χ3n) is 4.64. The Hall–Kier alpha value is -1.75. The molecule has 1 aromatic carbocycles. The van der Waals surface area contributed by atoms with Gasteiger partial charge in [-0.15, -0.1) is 0 Å². The highest BCUT2D eigenvalue weighted by molar-refractivity contribution is 5.75. The van der Waals surface area contributed by atoms with Crippen molar-refractivity contribution in [3.8, 4) is 5.75 Å². The van der Waals surface area contributed by atoms with E-state index in [-0.39, 0.29) is 24.2 Å². The molecule has 1 aliphatic carbocycles. The zero-order valence-electron chi connectivity index (χ0n) is 15.6. The SMILES string of the molecule is CCOc1ccccc1C(CC(C)C)NC(=O)NC1CCC(O)CC1. The number of carbonyl (C=O) groups is 1. The maximum atomic E-state index is 12.5. The summed E-state index contributed by atoms with van der Waals surface area (Å²) < 4.78 is 5.74. The summed E-state index contributed by atoms with van der Waals surface area (Å²) in [6.45, 7) is 6.87. The molecule has 1 aliphatic rings. The molecule has 1 saturated carbocycles. The average Bonchev–Trinajstić information content (AvgIpc) is 2.57. The van der Waals surface area contributed by atoms with Gasteiger partial charge in [0.2, 0.25) is 0 Å². The van der Waals surface area contributed by atoms with Gasteiger partial charge in [-0.25, -0.2) is 4.79 Å². The highest BCUT2D eigenvalue weighted by Gasteiger charge is 2.23. The molecular formula is C20H32N2O3. The molecular weight excluding hydrogens is 316 g/mol. The van der Waals surface area contributed by atoms with E-state index in [1.54, 1.807) is 0 Å². The van der Waals surface area contributed by atoms with E-state index in [0.717, 1.165) is 43.4 Å². The minimum absolute atomic E-state index is 0.0862. The molecule has 0 saturated heterocycles. The lowest BCUT2D eigenvalue weighted by atomic mass is 9.93. The van der Waals surface area contributed by atoms with Crippen molar-refractivity contribution in [1.82, 2.24) is 10.6 Å². The van der Waals surface area contributed by atoms with E-state index in [1.807, 2.05) is 31.2 Å². The van der Waals surface area contributed by atoms with Crippen LogP contribution in [0.2, 0.25) is 0 Å². The number of benzene rings is 1. The first-order chi connectivity index (χ1) is 12.0. The van der Waals surface area contributed by atoms with Gasteiger partial charge in [0.1, 0.15) is 5.75 Å². The zero-order chi connectivity index (χ0) is 18.2. The van der Waals surface area contributed by atoms with Gasteiger partial charge in [-0.2, -0.15) is 0 Å². The van der Waals surface area contributed by atoms with E-state index >= 15 is 0 Å². The first kappa shape index (κ1) is 19.6. The number of hydrogen-bond acceptors (Lipinski definition) is 3. The molecule has 0 spiro atoms. The standard InChI is InChI=1S/C20H32N2O3/c1-4-25-19-8-6-5-7-17(19)18(13-14(2)3)22-20(24)21-15-9-11-16(23)12-10-15/h5-8,14-16,18,23H,4,9-13H2,1-3H3,(H2,21,22,24). The van der Waals surface area contributed by atoms with Crippen LogP contribution in [0.15, 0.2) is 24.3 Å². The van der Waals surface area contributed by atoms with Crippen molar-refractivity contribution in [1.29, 1.82) is 0 Å². The third-order valence-corrected chi connectivity index (χ3v) is 4.64. The number of carbonyl (C=O) groups excluding carboxylic acids is 1. The van der Waals surface area contributed by atoms with Crippen LogP contribution < -0.4 is 15.4 Å². The second-order valence-electron chi connectivity index (χ2n) is 7.28. The van der Waals surface area contributed by atoms with Crippen molar-refractivity contribution in [3.05, 3.63) is 29.8 Å². The minimum Gasteiger partial charge on any atom is -0.494 e. The zero-order valence-corrected chi connectivity index (χ0v) is 15.6. The molecule has 5 heteroatoms. The van der Waals surface area contributed by atoms with Crippen molar-refractivity contribution in [3.63, 3.8) is 0 Å². The van der Waals surface area contributed by atoms with E-state index in [1.165, 1.54) is 0 Å². The molecule has 1 fully saturated rings. The summed E-state index contributed by atoms with van der Waals surface area (Å²) in [5.74, 6) is 1.28. The number of amides is 2. The number of urea groups is 1. The second kappa shape index (κ2) is 9.66. The van der Waals surface area contributed by atoms with Gasteiger partial charge < -0.3 is 20.5 Å². The predicted molar refractivity (Wildman–Crippen MR) is 99.7 cm³/mol. The highest BCUT2D eigenvalue weighted by Crippen LogP contribution is 2.29. The van der Waals surface area contributed by atoms with Gasteiger partial charge in [0.15, 0.2) is 0 Å². The first-order valence-electron chi connectivity index (χ1n) is 9.46. The maximum Gasteiger partial charge on any atom is 0.315 e. The number of rotatable bonds is 7. The molecule has 0 heterocycles. The van der Waals surface area contributed by atoms with Gasteiger partial charge in [-0.3, -0.25) is 0 Å². The number of nitrogens with one attached hydrogen (secondary N) is 2. The normalized spacial score (nSPS) is 21.6. The Morgan fingerprint density at radius 3 is 2.56 bits per heavy atom. The van der Waals surface area contributed by atoms with Crippen molar-refractivity contribution in [2.45, 2.75) is 71.1 Å². The van der Waals surface area contributed by atoms with Gasteiger partial charge in [0.25, 0.3) is 0 Å². The van der Waals surface area contributed by atoms with Crippen LogP contribution in [-0.4, -0.2) is 29.9 Å². The maximum absolute atomic E-state index is 12.5. The van der Waals surface area contributed by atoms with Gasteiger partial charge in [0.05, 0.1) is 18.8 Å². The van der Waals surface area contributed by atoms with Crippen LogP contribution >= 0.6 is 0 Å². The fourth-order valence-corrected chi connectivity index (χ4v) is 3.40. The topological polar surface area (TPSA) is 70.6 Å². The summed E-state index contributed by atoms with van der Waals surface area (Å²) in [5.41, 5.74) is 1.02. The molecule has 25 heavy (non-hydrogen) atoms. The summed E-state index contributed by atoms with van der Waals surface area (Å²) in [6, 6.07) is 7.83. The molecule has 1 aromatic rings. The average molecular weight is 348 g/mol. The number of hydrogen-bond donors (Lipinski definition) is 3. The van der Waals surface area contributed by atoms with Crippen molar-refractivity contribution in [2.75, 3.05) is 6.61 Å². The van der Waals surface area contributed by atoms with E-state index < -0.39 is 0 Å². The van der Waals surface area contributed by atoms with Crippen LogP contribution in [0.25, 0.3) is 0 Å². The first-order valence-corrected chi connectivity index (χ1v) is 9.46. The Balaban J connectivity index is 2.03. The van der Waals surface area contributed by atoms with Crippen LogP contribution in [0.5, 0.6) is 5.75 Å². The summed E-state index contributed by atoms with van der Waals surface area (Å²) in [5, 5.41) is 15.8. The molecule has 0 radical (unpaired) electrons. The molecule has 1 atom stereocenters. The Bertz CT molecular complexity index is 539. The van der Waals surface area contributed by atoms with E-state index in [2.05, 4.69) is 24.5 Å². The number of aliphatic hydroxyl groups is 1. The van der Waals surface area contributed by atoms with Crippen LogP contribution in [-0.2, 0) is 0 Å². The monoisotopic (exact) mass is 348 g/mol. The Morgan fingerprint density at radius 1 is 1.24 bits per heavy atom. The van der Waals surface area contributed by atoms with Crippen molar-refractivity contribution in [2.24, 2.45) is 5.92 Å². The van der Waals surface area contributed by atoms with Crippen molar-refractivity contribution >= 4 is 6.03 Å². The third kappa shape index (κ3) is 6.24. The van der Waals surface area contributed by atoms with Crippen LogP contribution in [0.1, 0.15) is 64.5 Å². The highest BCUT2D eigenvalue weighted by atomic mass is 16.5. The largest absolute Gasteiger partial charge is 0.494 e. The van der Waals surface area contributed by atoms with Gasteiger partial charge in [-0.1, -0.05) is 32.0 Å². The molecule has 0 aliphatic heterocycles. The lowest BCUT2D eigenvalue weighted by molar-refractivity contribution is 0.117. The molecule has 2 amide bonds. The summed E-state index contributed by atoms with van der Waals surface area (Å²) in [6.07, 6.45) is 3.81. The quantitative estimate of drug-likeness (QED) is 0.702. The lowest BCUT2D eigenvalue weighted by Crippen LogP contribution is -2.45. The van der Waals surface area contributed by atoms with Crippen LogP contribution in [0.4, 0.5) is 4.79 Å². The number of para-hydroxylation sites is 1. The van der Waals surface area contributed by atoms with Crippen LogP contribution in [0, 0.1) is 5.92 Å². The lowest BCUT2D eigenvalue weighted by Gasteiger charge is -2.28. The smallest absolute Gasteiger partial charge is 0.315 e. The Kier molecular flexibility index (Phi) is 7.56.